The number of aryl methyl sites for hydroxylation is 1. The van der Waals surface area contributed by atoms with Gasteiger partial charge in [0.05, 0.1) is 19.6 Å². The third-order valence-electron chi connectivity index (χ3n) is 4.03. The van der Waals surface area contributed by atoms with Crippen LogP contribution in [0, 0.1) is 6.92 Å². The molecule has 0 saturated carbocycles. The van der Waals surface area contributed by atoms with Crippen LogP contribution in [0.4, 0.5) is 10.6 Å². The summed E-state index contributed by atoms with van der Waals surface area (Å²) in [5.41, 5.74) is 1.10. The normalized spacial score (nSPS) is 13.6. The lowest BCUT2D eigenvalue weighted by atomic mass is 10.3. The smallest absolute Gasteiger partial charge is 0.315 e. The number of carbonyl (C=O) groups is 1. The quantitative estimate of drug-likeness (QED) is 0.776. The Morgan fingerprint density at radius 3 is 2.88 bits per heavy atom. The second kappa shape index (κ2) is 6.34. The highest BCUT2D eigenvalue weighted by atomic mass is 16.2. The van der Waals surface area contributed by atoms with Crippen molar-refractivity contribution in [2.24, 2.45) is 0 Å². The minimum atomic E-state index is -0.180. The molecule has 9 heteroatoms. The minimum absolute atomic E-state index is 0.180. The van der Waals surface area contributed by atoms with E-state index in [2.05, 4.69) is 25.5 Å². The molecule has 1 aliphatic rings. The van der Waals surface area contributed by atoms with E-state index in [1.807, 2.05) is 29.9 Å². The number of amides is 2. The third kappa shape index (κ3) is 3.35. The lowest BCUT2D eigenvalue weighted by Gasteiger charge is -2.26. The van der Waals surface area contributed by atoms with Crippen LogP contribution in [-0.2, 0) is 19.6 Å². The average molecular weight is 338 g/mol. The van der Waals surface area contributed by atoms with Gasteiger partial charge in [0, 0.05) is 31.2 Å². The highest BCUT2D eigenvalue weighted by Gasteiger charge is 2.23. The van der Waals surface area contributed by atoms with Gasteiger partial charge in [-0.15, -0.1) is 0 Å². The van der Waals surface area contributed by atoms with Crippen LogP contribution in [0.15, 0.2) is 36.8 Å². The molecule has 3 aromatic rings. The molecule has 2 amide bonds. The molecule has 128 valence electrons. The fraction of sp³-hybridized carbons (Fsp3) is 0.312. The number of fused-ring (bicyclic) bond motifs is 1. The monoisotopic (exact) mass is 338 g/mol. The maximum absolute atomic E-state index is 12.5. The van der Waals surface area contributed by atoms with E-state index in [1.165, 1.54) is 0 Å². The van der Waals surface area contributed by atoms with Crippen molar-refractivity contribution in [2.75, 3.05) is 11.9 Å². The lowest BCUT2D eigenvalue weighted by molar-refractivity contribution is 0.193. The van der Waals surface area contributed by atoms with Crippen LogP contribution in [-0.4, -0.2) is 47.0 Å². The Kier molecular flexibility index (Phi) is 3.88. The molecule has 25 heavy (non-hydrogen) atoms. The predicted octanol–water partition coefficient (Wildman–Crippen LogP) is 1.27. The van der Waals surface area contributed by atoms with E-state index < -0.39 is 0 Å². The molecule has 0 aliphatic carbocycles. The summed E-state index contributed by atoms with van der Waals surface area (Å²) in [6.45, 7) is 4.18. The van der Waals surface area contributed by atoms with Gasteiger partial charge in [-0.25, -0.2) is 14.5 Å². The van der Waals surface area contributed by atoms with Crippen molar-refractivity contribution in [2.45, 2.75) is 26.6 Å². The maximum atomic E-state index is 12.5. The van der Waals surface area contributed by atoms with Crippen LogP contribution in [0.3, 0.4) is 0 Å². The number of rotatable bonds is 3. The molecule has 0 atom stereocenters. The first-order chi connectivity index (χ1) is 12.2. The van der Waals surface area contributed by atoms with Gasteiger partial charge in [-0.3, -0.25) is 15.0 Å². The van der Waals surface area contributed by atoms with Crippen molar-refractivity contribution in [3.63, 3.8) is 0 Å². The molecule has 0 aromatic carbocycles. The summed E-state index contributed by atoms with van der Waals surface area (Å²) in [4.78, 5) is 22.5. The second-order valence-electron chi connectivity index (χ2n) is 5.90. The van der Waals surface area contributed by atoms with Crippen LogP contribution in [0.2, 0.25) is 0 Å². The molecule has 0 fully saturated rings. The van der Waals surface area contributed by atoms with Gasteiger partial charge in [0.15, 0.2) is 5.82 Å². The summed E-state index contributed by atoms with van der Waals surface area (Å²) in [6, 6.07) is 5.48. The Bertz CT molecular complexity index is 885. The Labute approximate surface area is 144 Å². The molecular formula is C16H18N8O. The Morgan fingerprint density at radius 1 is 1.20 bits per heavy atom. The van der Waals surface area contributed by atoms with E-state index in [9.17, 15) is 4.79 Å². The fourth-order valence-electron chi connectivity index (χ4n) is 2.81. The van der Waals surface area contributed by atoms with Gasteiger partial charge in [-0.2, -0.15) is 10.2 Å². The van der Waals surface area contributed by atoms with E-state index >= 15 is 0 Å². The van der Waals surface area contributed by atoms with Crippen molar-refractivity contribution in [1.29, 1.82) is 0 Å². The number of hydrogen-bond acceptors (Lipinski definition) is 5. The first kappa shape index (κ1) is 15.3. The standard InChI is InChI=1S/C16H18N8O/c1-12-18-15-11-22(8-9-24(15)20-12)16(25)19-14-4-7-23(21-14)10-13-2-5-17-6-3-13/h2-7H,8-11H2,1H3,(H,19,21,25). The zero-order valence-corrected chi connectivity index (χ0v) is 13.8. The maximum Gasteiger partial charge on any atom is 0.323 e. The number of anilines is 1. The molecular weight excluding hydrogens is 320 g/mol. The predicted molar refractivity (Wildman–Crippen MR) is 89.8 cm³/mol. The number of nitrogens with one attached hydrogen (secondary N) is 1. The van der Waals surface area contributed by atoms with Crippen LogP contribution < -0.4 is 5.32 Å². The summed E-state index contributed by atoms with van der Waals surface area (Å²) in [6.07, 6.45) is 5.34. The lowest BCUT2D eigenvalue weighted by Crippen LogP contribution is -2.41. The highest BCUT2D eigenvalue weighted by molar-refractivity contribution is 5.88. The zero-order chi connectivity index (χ0) is 17.2. The molecule has 1 N–H and O–H groups in total. The highest BCUT2D eigenvalue weighted by Crippen LogP contribution is 2.12. The minimum Gasteiger partial charge on any atom is -0.315 e. The number of aromatic nitrogens is 6. The largest absolute Gasteiger partial charge is 0.323 e. The number of carbonyl (C=O) groups excluding carboxylic acids is 1. The Morgan fingerprint density at radius 2 is 2.04 bits per heavy atom. The summed E-state index contributed by atoms with van der Waals surface area (Å²) in [5.74, 6) is 2.07. The molecule has 1 aliphatic heterocycles. The van der Waals surface area contributed by atoms with E-state index in [0.717, 1.165) is 17.2 Å². The number of urea groups is 1. The molecule has 0 unspecified atom stereocenters. The molecule has 4 rings (SSSR count). The van der Waals surface area contributed by atoms with Gasteiger partial charge < -0.3 is 4.90 Å². The van der Waals surface area contributed by atoms with E-state index in [4.69, 9.17) is 0 Å². The summed E-state index contributed by atoms with van der Waals surface area (Å²) in [5, 5.41) is 11.5. The number of hydrogen-bond donors (Lipinski definition) is 1. The van der Waals surface area contributed by atoms with Gasteiger partial charge >= 0.3 is 6.03 Å². The van der Waals surface area contributed by atoms with Gasteiger partial charge in [0.2, 0.25) is 0 Å². The first-order valence-corrected chi connectivity index (χ1v) is 8.06. The van der Waals surface area contributed by atoms with Gasteiger partial charge in [-0.05, 0) is 24.6 Å². The molecule has 0 radical (unpaired) electrons. The van der Waals surface area contributed by atoms with Gasteiger partial charge in [0.25, 0.3) is 0 Å². The molecule has 0 saturated heterocycles. The van der Waals surface area contributed by atoms with Crippen LogP contribution in [0.1, 0.15) is 17.2 Å². The Balaban J connectivity index is 1.38. The number of pyridine rings is 1. The van der Waals surface area contributed by atoms with Crippen molar-refractivity contribution < 1.29 is 4.79 Å². The third-order valence-corrected chi connectivity index (χ3v) is 4.03. The van der Waals surface area contributed by atoms with Crippen molar-refractivity contribution in [1.82, 2.24) is 34.4 Å². The second-order valence-corrected chi connectivity index (χ2v) is 5.90. The van der Waals surface area contributed by atoms with Crippen molar-refractivity contribution in [3.05, 3.63) is 54.0 Å². The number of nitrogens with zero attached hydrogens (tertiary/aromatic N) is 7. The van der Waals surface area contributed by atoms with Crippen LogP contribution >= 0.6 is 0 Å². The van der Waals surface area contributed by atoms with Gasteiger partial charge in [-0.1, -0.05) is 0 Å². The van der Waals surface area contributed by atoms with Crippen LogP contribution in [0.5, 0.6) is 0 Å². The molecule has 9 nitrogen and oxygen atoms in total. The van der Waals surface area contributed by atoms with Crippen LogP contribution in [0.25, 0.3) is 0 Å². The summed E-state index contributed by atoms with van der Waals surface area (Å²) < 4.78 is 3.63. The topological polar surface area (TPSA) is 93.8 Å². The fourth-order valence-corrected chi connectivity index (χ4v) is 2.81. The molecule has 0 bridgehead atoms. The van der Waals surface area contributed by atoms with E-state index in [0.29, 0.717) is 32.0 Å². The van der Waals surface area contributed by atoms with E-state index in [-0.39, 0.29) is 6.03 Å². The van der Waals surface area contributed by atoms with Gasteiger partial charge in [0.1, 0.15) is 11.6 Å². The Hall–Kier alpha value is -3.23. The van der Waals surface area contributed by atoms with Crippen molar-refractivity contribution in [3.8, 4) is 0 Å². The molecule has 0 spiro atoms. The summed E-state index contributed by atoms with van der Waals surface area (Å²) in [7, 11) is 0. The summed E-state index contributed by atoms with van der Waals surface area (Å²) >= 11 is 0. The zero-order valence-electron chi connectivity index (χ0n) is 13.8. The first-order valence-electron chi connectivity index (χ1n) is 8.06. The van der Waals surface area contributed by atoms with Crippen molar-refractivity contribution >= 4 is 11.8 Å². The van der Waals surface area contributed by atoms with E-state index in [1.54, 1.807) is 28.0 Å². The molecule has 4 heterocycles. The average Bonchev–Trinajstić information content (AvgIpc) is 3.20. The molecule has 3 aromatic heterocycles. The SMILES string of the molecule is Cc1nc2n(n1)CCN(C(=O)Nc1ccn(Cc3ccncc3)n1)C2.